The second kappa shape index (κ2) is 5.19. The molecule has 3 fully saturated rings. The number of phenols is 1. The first-order valence-corrected chi connectivity index (χ1v) is 10.7. The number of carbonyl (C=O) groups is 1. The number of ether oxygens (including phenoxy) is 1. The highest BCUT2D eigenvalue weighted by atomic mass is 16.5. The lowest BCUT2D eigenvalue weighted by Gasteiger charge is -2.65. The van der Waals surface area contributed by atoms with Gasteiger partial charge in [-0.25, -0.2) is 0 Å². The molecular formula is C23H28NO4+. The third kappa shape index (κ3) is 1.79. The molecule has 28 heavy (non-hydrogen) atoms. The van der Waals surface area contributed by atoms with Crippen LogP contribution in [0.3, 0.4) is 0 Å². The topological polar surface area (TPSA) is 66.8 Å². The molecule has 2 bridgehead atoms. The summed E-state index contributed by atoms with van der Waals surface area (Å²) >= 11 is 0. The van der Waals surface area contributed by atoms with Crippen LogP contribution in [-0.4, -0.2) is 57.9 Å². The van der Waals surface area contributed by atoms with E-state index in [1.807, 2.05) is 12.1 Å². The fourth-order valence-electron chi connectivity index (χ4n) is 7.29. The SMILES string of the molecule is C=CC[N@@+]1(CC2CC2)CC[C@]23c4c5ccc(O)c4O[C@H]2C(=O)CCC3(O)[C@H]1C5. The molecule has 1 aromatic rings. The molecule has 5 nitrogen and oxygen atoms in total. The smallest absolute Gasteiger partial charge is 0.174 e. The van der Waals surface area contributed by atoms with Crippen molar-refractivity contribution in [1.82, 2.24) is 0 Å². The Bertz CT molecular complexity index is 908. The number of benzene rings is 1. The number of carbonyl (C=O) groups excluding carboxylic acids is 1. The molecular weight excluding hydrogens is 354 g/mol. The number of Topliss-reactive ketones (excluding diaryl/α,β-unsaturated/α-hetero) is 1. The van der Waals surface area contributed by atoms with E-state index in [1.54, 1.807) is 6.07 Å². The minimum Gasteiger partial charge on any atom is -0.504 e. The predicted octanol–water partition coefficient (Wildman–Crippen LogP) is 2.23. The number of likely N-dealkylation sites (tertiary alicyclic amines) is 1. The standard InChI is InChI=1S/C23H27NO4/c1-2-10-24(13-14-3-4-14)11-9-22-19-15-5-6-16(25)20(19)28-21(22)17(26)7-8-23(22,27)18(24)12-15/h2,5-6,14,18,21,27H,1,3-4,7-13H2/p+1/t18-,21+,22+,23?,24+/m1/s1. The fraction of sp³-hybridized carbons (Fsp3) is 0.609. The van der Waals surface area contributed by atoms with Gasteiger partial charge in [0.1, 0.15) is 11.6 Å². The van der Waals surface area contributed by atoms with Crippen molar-refractivity contribution in [2.75, 3.05) is 19.6 Å². The molecule has 1 unspecified atom stereocenters. The van der Waals surface area contributed by atoms with E-state index in [1.165, 1.54) is 12.8 Å². The molecule has 2 N–H and O–H groups in total. The second-order valence-corrected chi connectivity index (χ2v) is 9.82. The molecule has 1 spiro atoms. The number of ketones is 1. The van der Waals surface area contributed by atoms with Gasteiger partial charge in [0.2, 0.25) is 0 Å². The average molecular weight is 382 g/mol. The number of aromatic hydroxyl groups is 1. The van der Waals surface area contributed by atoms with Gasteiger partial charge in [-0.3, -0.25) is 4.79 Å². The van der Waals surface area contributed by atoms with Crippen LogP contribution in [0.1, 0.15) is 43.2 Å². The van der Waals surface area contributed by atoms with Crippen molar-refractivity contribution >= 4 is 5.78 Å². The van der Waals surface area contributed by atoms with Gasteiger partial charge in [-0.2, -0.15) is 0 Å². The van der Waals surface area contributed by atoms with E-state index in [0.29, 0.717) is 18.6 Å². The normalized spacial score (nSPS) is 42.7. The van der Waals surface area contributed by atoms with E-state index in [9.17, 15) is 15.0 Å². The zero-order valence-corrected chi connectivity index (χ0v) is 16.2. The first-order valence-electron chi connectivity index (χ1n) is 10.7. The number of nitrogens with zero attached hydrogens (tertiary/aromatic N) is 1. The molecule has 0 aromatic heterocycles. The monoisotopic (exact) mass is 382 g/mol. The zero-order chi connectivity index (χ0) is 19.3. The Kier molecular flexibility index (Phi) is 3.16. The van der Waals surface area contributed by atoms with Gasteiger partial charge >= 0.3 is 0 Å². The van der Waals surface area contributed by atoms with Crippen LogP contribution >= 0.6 is 0 Å². The molecule has 148 valence electrons. The molecule has 6 rings (SSSR count). The van der Waals surface area contributed by atoms with E-state index in [2.05, 4.69) is 6.58 Å². The first kappa shape index (κ1) is 17.0. The fourth-order valence-corrected chi connectivity index (χ4v) is 7.29. The minimum absolute atomic E-state index is 0.0436. The third-order valence-electron chi connectivity index (χ3n) is 8.56. The summed E-state index contributed by atoms with van der Waals surface area (Å²) in [6, 6.07) is 3.72. The largest absolute Gasteiger partial charge is 0.504 e. The highest BCUT2D eigenvalue weighted by Crippen LogP contribution is 2.66. The van der Waals surface area contributed by atoms with Crippen LogP contribution in [0.2, 0.25) is 0 Å². The van der Waals surface area contributed by atoms with E-state index in [0.717, 1.165) is 54.0 Å². The lowest BCUT2D eigenvalue weighted by Crippen LogP contribution is -2.81. The van der Waals surface area contributed by atoms with Gasteiger partial charge in [0.25, 0.3) is 0 Å². The van der Waals surface area contributed by atoms with Crippen molar-refractivity contribution in [2.45, 2.75) is 61.7 Å². The van der Waals surface area contributed by atoms with Crippen LogP contribution in [-0.2, 0) is 16.6 Å². The van der Waals surface area contributed by atoms with Crippen molar-refractivity contribution in [3.63, 3.8) is 0 Å². The quantitative estimate of drug-likeness (QED) is 0.619. The number of rotatable bonds is 4. The maximum absolute atomic E-state index is 12.9. The van der Waals surface area contributed by atoms with Crippen molar-refractivity contribution in [1.29, 1.82) is 0 Å². The van der Waals surface area contributed by atoms with Crippen molar-refractivity contribution in [3.8, 4) is 11.5 Å². The third-order valence-corrected chi connectivity index (χ3v) is 8.56. The number of piperidine rings is 1. The summed E-state index contributed by atoms with van der Waals surface area (Å²) in [5.41, 5.74) is 0.378. The highest BCUT2D eigenvalue weighted by molar-refractivity contribution is 5.90. The Morgan fingerprint density at radius 2 is 2.14 bits per heavy atom. The van der Waals surface area contributed by atoms with Gasteiger partial charge in [0, 0.05) is 30.7 Å². The van der Waals surface area contributed by atoms with E-state index in [-0.39, 0.29) is 17.6 Å². The van der Waals surface area contributed by atoms with Crippen molar-refractivity contribution < 1.29 is 24.2 Å². The van der Waals surface area contributed by atoms with Crippen molar-refractivity contribution in [2.24, 2.45) is 5.92 Å². The summed E-state index contributed by atoms with van der Waals surface area (Å²) < 4.78 is 7.00. The van der Waals surface area contributed by atoms with Crippen LogP contribution in [0.15, 0.2) is 24.8 Å². The number of phenolic OH excluding ortho intramolecular Hbond substituents is 1. The van der Waals surface area contributed by atoms with Gasteiger partial charge in [0.05, 0.1) is 25.0 Å². The molecule has 5 atom stereocenters. The lowest BCUT2D eigenvalue weighted by molar-refractivity contribution is -0.962. The van der Waals surface area contributed by atoms with Crippen LogP contribution in [0, 0.1) is 5.92 Å². The molecule has 1 aromatic carbocycles. The van der Waals surface area contributed by atoms with Gasteiger partial charge in [-0.05, 0) is 37.0 Å². The van der Waals surface area contributed by atoms with E-state index in [4.69, 9.17) is 4.74 Å². The Morgan fingerprint density at radius 3 is 2.89 bits per heavy atom. The molecule has 0 radical (unpaired) electrons. The summed E-state index contributed by atoms with van der Waals surface area (Å²) in [4.78, 5) is 12.9. The van der Waals surface area contributed by atoms with Gasteiger partial charge < -0.3 is 19.4 Å². The Balaban J connectivity index is 1.60. The Hall–Kier alpha value is -1.85. The number of aliphatic hydroxyl groups is 1. The molecule has 2 saturated carbocycles. The number of quaternary nitrogens is 1. The predicted molar refractivity (Wildman–Crippen MR) is 103 cm³/mol. The Morgan fingerprint density at radius 1 is 1.32 bits per heavy atom. The van der Waals surface area contributed by atoms with Crippen LogP contribution in [0.5, 0.6) is 11.5 Å². The molecule has 5 heteroatoms. The van der Waals surface area contributed by atoms with Gasteiger partial charge in [0.15, 0.2) is 23.4 Å². The average Bonchev–Trinajstić information content (AvgIpc) is 3.39. The van der Waals surface area contributed by atoms with Crippen LogP contribution < -0.4 is 4.74 Å². The molecule has 0 amide bonds. The second-order valence-electron chi connectivity index (χ2n) is 9.82. The zero-order valence-electron chi connectivity index (χ0n) is 16.2. The number of hydrogen-bond donors (Lipinski definition) is 2. The maximum Gasteiger partial charge on any atom is 0.174 e. The summed E-state index contributed by atoms with van der Waals surface area (Å²) in [7, 11) is 0. The molecule has 2 aliphatic heterocycles. The molecule has 5 aliphatic rings. The molecule has 3 aliphatic carbocycles. The first-order chi connectivity index (χ1) is 13.5. The molecule has 1 saturated heterocycles. The van der Waals surface area contributed by atoms with Gasteiger partial charge in [-0.15, -0.1) is 0 Å². The summed E-state index contributed by atoms with van der Waals surface area (Å²) in [5, 5.41) is 22.8. The van der Waals surface area contributed by atoms with E-state index >= 15 is 0 Å². The summed E-state index contributed by atoms with van der Waals surface area (Å²) in [6.07, 6.45) is 6.25. The maximum atomic E-state index is 12.9. The minimum atomic E-state index is -0.978. The van der Waals surface area contributed by atoms with Gasteiger partial charge in [-0.1, -0.05) is 12.6 Å². The van der Waals surface area contributed by atoms with Crippen molar-refractivity contribution in [3.05, 3.63) is 35.9 Å². The van der Waals surface area contributed by atoms with Crippen LogP contribution in [0.25, 0.3) is 0 Å². The van der Waals surface area contributed by atoms with E-state index < -0.39 is 17.1 Å². The summed E-state index contributed by atoms with van der Waals surface area (Å²) in [5.74, 6) is 1.35. The lowest BCUT2D eigenvalue weighted by atomic mass is 9.48. The molecule has 2 heterocycles. The number of hydrogen-bond acceptors (Lipinski definition) is 4. The van der Waals surface area contributed by atoms with Crippen LogP contribution in [0.4, 0.5) is 0 Å². The summed E-state index contributed by atoms with van der Waals surface area (Å²) in [6.45, 7) is 6.92. The highest BCUT2D eigenvalue weighted by Gasteiger charge is 2.76. The Labute approximate surface area is 165 Å².